The summed E-state index contributed by atoms with van der Waals surface area (Å²) >= 11 is 0. The molecule has 10 heteroatoms. The van der Waals surface area contributed by atoms with Gasteiger partial charge in [0.05, 0.1) is 22.3 Å². The van der Waals surface area contributed by atoms with E-state index in [9.17, 15) is 9.59 Å². The Bertz CT molecular complexity index is 7400. The van der Waals surface area contributed by atoms with Gasteiger partial charge in [-0.05, 0) is 273 Å². The third kappa shape index (κ3) is 13.2. The van der Waals surface area contributed by atoms with Crippen LogP contribution >= 0.6 is 0 Å². The van der Waals surface area contributed by atoms with Crippen molar-refractivity contribution in [3.63, 3.8) is 0 Å². The van der Waals surface area contributed by atoms with Gasteiger partial charge < -0.3 is 18.9 Å². The Morgan fingerprint density at radius 1 is 0.185 bits per heavy atom. The molecule has 0 atom stereocenters. The lowest BCUT2D eigenvalue weighted by Gasteiger charge is -2.34. The van der Waals surface area contributed by atoms with Crippen LogP contribution in [0.3, 0.4) is 0 Å². The summed E-state index contributed by atoms with van der Waals surface area (Å²) < 4.78 is 25.4. The molecule has 4 heterocycles. The number of carbonyl (C=O) groups is 4. The summed E-state index contributed by atoms with van der Waals surface area (Å²) in [5, 5.41) is 5.99. The maximum atomic E-state index is 15.7. The van der Waals surface area contributed by atoms with Crippen LogP contribution < -0.4 is 32.8 Å². The SMILES string of the molecule is O=C(OCc1ccccc1)c1ccc2c(c1)-c1cc(C(=O)OCc3ccccc3)cc3c1B2c1cc2c(-c4c(-c5ccccc5)cc(-c5ccccc5)cc4-c4ccccc4)cc4c5c(cc6c(-c7c(-c8ccccc8)cc(-c8ccccc8)cc7-c7ccccc7)cc-3c1c6c25)B1c2ccc(C(=O)OCc3ccccc3)cc2-c2cc(C(=O)OCc3ccccc3)cc-4c21. The van der Waals surface area contributed by atoms with Gasteiger partial charge in [-0.3, -0.25) is 0 Å². The number of hydrogen-bond donors (Lipinski definition) is 0. The Balaban J connectivity index is 0.880. The first-order valence-corrected chi connectivity index (χ1v) is 44.2. The van der Waals surface area contributed by atoms with Crippen molar-refractivity contribution in [3.8, 4) is 134 Å². The van der Waals surface area contributed by atoms with Gasteiger partial charge in [0, 0.05) is 0 Å². The second-order valence-corrected chi connectivity index (χ2v) is 34.2. The van der Waals surface area contributed by atoms with Crippen LogP contribution in [0, 0.1) is 0 Å². The van der Waals surface area contributed by atoms with Crippen LogP contribution in [0.4, 0.5) is 0 Å². The number of fused-ring (bicyclic) bond motifs is 10. The van der Waals surface area contributed by atoms with E-state index in [2.05, 4.69) is 255 Å². The molecule has 8 nitrogen and oxygen atoms in total. The molecule has 0 saturated heterocycles. The Morgan fingerprint density at radius 2 is 0.431 bits per heavy atom. The Morgan fingerprint density at radius 3 is 0.715 bits per heavy atom. The van der Waals surface area contributed by atoms with Crippen LogP contribution in [0.1, 0.15) is 63.7 Å². The van der Waals surface area contributed by atoms with E-state index >= 15 is 9.59 Å². The van der Waals surface area contributed by atoms with Gasteiger partial charge in [-0.25, -0.2) is 19.2 Å². The van der Waals surface area contributed by atoms with Gasteiger partial charge in [0.2, 0.25) is 13.4 Å². The molecule has 0 spiro atoms. The molecular weight excluding hydrogens is 1590 g/mol. The van der Waals surface area contributed by atoms with E-state index in [1.807, 2.05) is 158 Å². The smallest absolute Gasteiger partial charge is 0.338 e. The van der Waals surface area contributed by atoms with Crippen molar-refractivity contribution in [2.45, 2.75) is 26.4 Å². The zero-order valence-electron chi connectivity index (χ0n) is 70.5. The topological polar surface area (TPSA) is 105 Å². The van der Waals surface area contributed by atoms with E-state index in [-0.39, 0.29) is 26.4 Å². The minimum Gasteiger partial charge on any atom is -0.457 e. The van der Waals surface area contributed by atoms with E-state index < -0.39 is 37.3 Å². The minimum atomic E-state index is -0.499. The highest BCUT2D eigenvalue weighted by atomic mass is 16.5. The minimum absolute atomic E-state index is 0.0358. The van der Waals surface area contributed by atoms with E-state index in [0.717, 1.165) is 221 Å². The molecule has 0 N–H and O–H groups in total. The number of ether oxygens (including phenoxy) is 4. The van der Waals surface area contributed by atoms with Gasteiger partial charge in [0.15, 0.2) is 0 Å². The fourth-order valence-corrected chi connectivity index (χ4v) is 21.0. The number of carbonyl (C=O) groups excluding carboxylic acids is 4. The largest absolute Gasteiger partial charge is 0.457 e. The number of rotatable bonds is 20. The normalized spacial score (nSPS) is 12.1. The quantitative estimate of drug-likeness (QED) is 0.0322. The van der Waals surface area contributed by atoms with E-state index in [1.165, 1.54) is 0 Å². The predicted octanol–water partition coefficient (Wildman–Crippen LogP) is 24.3. The first kappa shape index (κ1) is 77.1. The third-order valence-corrected chi connectivity index (χ3v) is 26.8. The van der Waals surface area contributed by atoms with Gasteiger partial charge in [-0.2, -0.15) is 0 Å². The predicted molar refractivity (Wildman–Crippen MR) is 527 cm³/mol. The van der Waals surface area contributed by atoms with Crippen molar-refractivity contribution >= 4 is 102 Å². The summed E-state index contributed by atoms with van der Waals surface area (Å²) in [6.07, 6.45) is 0. The van der Waals surface area contributed by atoms with Crippen LogP contribution in [0.15, 0.2) is 413 Å². The van der Waals surface area contributed by atoms with Crippen molar-refractivity contribution in [3.05, 3.63) is 457 Å². The highest BCUT2D eigenvalue weighted by Crippen LogP contribution is 2.56. The first-order chi connectivity index (χ1) is 64.1. The zero-order valence-corrected chi connectivity index (χ0v) is 70.5. The van der Waals surface area contributed by atoms with E-state index in [0.29, 0.717) is 22.3 Å². The zero-order chi connectivity index (χ0) is 86.6. The summed E-state index contributed by atoms with van der Waals surface area (Å²) in [6, 6.07) is 143. The third-order valence-electron chi connectivity index (χ3n) is 26.8. The van der Waals surface area contributed by atoms with E-state index in [4.69, 9.17) is 18.9 Å². The molecule has 20 aromatic carbocycles. The molecule has 130 heavy (non-hydrogen) atoms. The lowest BCUT2D eigenvalue weighted by atomic mass is 9.34. The van der Waals surface area contributed by atoms with Crippen molar-refractivity contribution in [2.75, 3.05) is 0 Å². The molecule has 0 amide bonds. The second-order valence-electron chi connectivity index (χ2n) is 34.2. The highest BCUT2D eigenvalue weighted by molar-refractivity contribution is 7.03. The van der Waals surface area contributed by atoms with Crippen LogP contribution in [-0.2, 0) is 45.4 Å². The maximum absolute atomic E-state index is 15.7. The van der Waals surface area contributed by atoms with Gasteiger partial charge in [-0.15, -0.1) is 0 Å². The molecule has 4 aliphatic rings. The van der Waals surface area contributed by atoms with Crippen LogP contribution in [0.2, 0.25) is 0 Å². The van der Waals surface area contributed by atoms with Gasteiger partial charge >= 0.3 is 23.9 Å². The average molecular weight is 1670 g/mol. The van der Waals surface area contributed by atoms with Crippen molar-refractivity contribution in [2.24, 2.45) is 0 Å². The van der Waals surface area contributed by atoms with Gasteiger partial charge in [0.25, 0.3) is 0 Å². The molecule has 0 radical (unpaired) electrons. The standard InChI is InChI=1S/C120H76B2O8/c123-117(127-69-73-31-11-1-12-32-73)83-51-53-105-93(55-83)101-61-87(119(125)129-71-75-35-15-3-16-36-75)63-103-97-65-95(109-89(79-43-23-7-24-44-79)57-85(77-39-19-5-20-40-77)58-90(109)80-45-25-8-26-46-80)100-68-108-112-98(104-64-88(120(126)130-72-76-37-17-4-18-38-76)62-102-94-56-84(52-54-106(94)122(108)116(102)104)118(124)128-70-74-33-13-2-14-34-74)66-96(99-67-107(121(105)115(101)103)111(97)113(100)114(99)112)110-91(81-47-27-9-28-48-81)59-86(78-41-21-6-22-42-78)60-92(110)82-49-29-10-30-50-82/h1-68H,69-72H2. The van der Waals surface area contributed by atoms with Crippen LogP contribution in [-0.4, -0.2) is 37.3 Å². The summed E-state index contributed by atoms with van der Waals surface area (Å²) in [4.78, 5) is 61.4. The van der Waals surface area contributed by atoms with Crippen molar-refractivity contribution in [1.82, 2.24) is 0 Å². The van der Waals surface area contributed by atoms with Crippen molar-refractivity contribution in [1.29, 1.82) is 0 Å². The Labute approximate surface area is 752 Å². The Kier molecular flexibility index (Phi) is 18.9. The van der Waals surface area contributed by atoms with Crippen LogP contribution in [0.25, 0.3) is 166 Å². The molecule has 20 aromatic rings. The summed E-state index contributed by atoms with van der Waals surface area (Å²) in [5.74, 6) is -1.95. The van der Waals surface area contributed by atoms with Gasteiger partial charge in [-0.1, -0.05) is 360 Å². The average Bonchev–Trinajstić information content (AvgIpc) is 1.30. The highest BCUT2D eigenvalue weighted by Gasteiger charge is 2.47. The monoisotopic (exact) mass is 1670 g/mol. The van der Waals surface area contributed by atoms with Gasteiger partial charge in [0.1, 0.15) is 26.4 Å². The summed E-state index contributed by atoms with van der Waals surface area (Å²) in [7, 11) is 0. The molecule has 4 aliphatic heterocycles. The summed E-state index contributed by atoms with van der Waals surface area (Å²) in [5.41, 5.74) is 33.8. The maximum Gasteiger partial charge on any atom is 0.338 e. The molecule has 0 aromatic heterocycles. The first-order valence-electron chi connectivity index (χ1n) is 44.2. The molecule has 0 saturated carbocycles. The number of esters is 4. The fraction of sp³-hybridized carbons (Fsp3) is 0.0333. The lowest BCUT2D eigenvalue weighted by molar-refractivity contribution is 0.0464. The number of hydrogen-bond acceptors (Lipinski definition) is 8. The molecule has 24 rings (SSSR count). The summed E-state index contributed by atoms with van der Waals surface area (Å²) in [6.45, 7) is -0.746. The molecule has 0 unspecified atom stereocenters. The molecule has 610 valence electrons. The van der Waals surface area contributed by atoms with Crippen molar-refractivity contribution < 1.29 is 38.1 Å². The molecular formula is C120H76B2O8. The molecule has 0 aliphatic carbocycles. The second kappa shape index (κ2) is 31.8. The lowest BCUT2D eigenvalue weighted by Crippen LogP contribution is -2.53. The van der Waals surface area contributed by atoms with Crippen LogP contribution in [0.5, 0.6) is 0 Å². The molecule has 0 fully saturated rings. The fourth-order valence-electron chi connectivity index (χ4n) is 21.0. The number of benzene rings is 20. The Hall–Kier alpha value is -16.6. The van der Waals surface area contributed by atoms with E-state index in [1.54, 1.807) is 0 Å². The molecule has 0 bridgehead atoms.